The molecular weight excluding hydrogens is 300 g/mol. The van der Waals surface area contributed by atoms with Crippen LogP contribution >= 0.6 is 11.6 Å². The number of halogens is 1. The van der Waals surface area contributed by atoms with Crippen molar-refractivity contribution < 1.29 is 14.6 Å². The molecule has 2 rings (SSSR count). The molecule has 2 aromatic carbocycles. The van der Waals surface area contributed by atoms with Crippen LogP contribution in [0.25, 0.3) is 11.1 Å². The molecule has 1 atom stereocenters. The summed E-state index contributed by atoms with van der Waals surface area (Å²) in [6.45, 7) is 2.25. The first kappa shape index (κ1) is 16.5. The zero-order chi connectivity index (χ0) is 15.9. The maximum Gasteiger partial charge on any atom is 0.332 e. The zero-order valence-corrected chi connectivity index (χ0v) is 13.2. The summed E-state index contributed by atoms with van der Waals surface area (Å²) < 4.78 is 5.47. The fraction of sp³-hybridized carbons (Fsp3) is 0.278. The van der Waals surface area contributed by atoms with Gasteiger partial charge in [-0.15, -0.1) is 0 Å². The Bertz CT molecular complexity index is 605. The number of carboxylic acids is 1. The standard InChI is InChI=1S/C18H19ClO3/c1-2-3-17(18(20)21)22-12-13-4-6-14(7-5-13)15-8-10-16(19)11-9-15/h4-11,17H,2-3,12H2,1H3,(H,20,21)/t17-/m1/s1. The molecule has 0 fully saturated rings. The molecule has 0 aliphatic heterocycles. The van der Waals surface area contributed by atoms with Crippen molar-refractivity contribution in [3.8, 4) is 11.1 Å². The number of hydrogen-bond donors (Lipinski definition) is 1. The number of rotatable bonds is 7. The predicted molar refractivity (Wildman–Crippen MR) is 88.0 cm³/mol. The van der Waals surface area contributed by atoms with Gasteiger partial charge >= 0.3 is 5.97 Å². The van der Waals surface area contributed by atoms with Gasteiger partial charge in [-0.05, 0) is 35.2 Å². The smallest absolute Gasteiger partial charge is 0.332 e. The van der Waals surface area contributed by atoms with Crippen LogP contribution in [-0.2, 0) is 16.1 Å². The molecule has 22 heavy (non-hydrogen) atoms. The molecule has 2 aromatic rings. The molecule has 0 amide bonds. The summed E-state index contributed by atoms with van der Waals surface area (Å²) in [7, 11) is 0. The lowest BCUT2D eigenvalue weighted by Gasteiger charge is -2.13. The lowest BCUT2D eigenvalue weighted by atomic mass is 10.0. The van der Waals surface area contributed by atoms with E-state index in [-0.39, 0.29) is 0 Å². The Morgan fingerprint density at radius 3 is 2.14 bits per heavy atom. The molecule has 0 heterocycles. The maximum absolute atomic E-state index is 11.0. The minimum absolute atomic E-state index is 0.303. The van der Waals surface area contributed by atoms with Gasteiger partial charge in [0.05, 0.1) is 6.61 Å². The number of ether oxygens (including phenoxy) is 1. The second-order valence-electron chi connectivity index (χ2n) is 5.13. The van der Waals surface area contributed by atoms with Crippen molar-refractivity contribution in [2.45, 2.75) is 32.5 Å². The Kier molecular flexibility index (Phi) is 5.99. The topological polar surface area (TPSA) is 46.5 Å². The van der Waals surface area contributed by atoms with E-state index in [0.717, 1.165) is 23.1 Å². The lowest BCUT2D eigenvalue weighted by Crippen LogP contribution is -2.23. The Hall–Kier alpha value is -1.84. The van der Waals surface area contributed by atoms with E-state index in [1.165, 1.54) is 0 Å². The van der Waals surface area contributed by atoms with Crippen LogP contribution in [0, 0.1) is 0 Å². The largest absolute Gasteiger partial charge is 0.479 e. The van der Waals surface area contributed by atoms with Crippen LogP contribution in [0.2, 0.25) is 5.02 Å². The monoisotopic (exact) mass is 318 g/mol. The third-order valence-electron chi connectivity index (χ3n) is 3.41. The van der Waals surface area contributed by atoms with Crippen molar-refractivity contribution in [1.82, 2.24) is 0 Å². The first-order valence-corrected chi connectivity index (χ1v) is 7.67. The SMILES string of the molecule is CCC[C@@H](OCc1ccc(-c2ccc(Cl)cc2)cc1)C(=O)O. The van der Waals surface area contributed by atoms with E-state index in [1.807, 2.05) is 55.5 Å². The molecule has 3 nitrogen and oxygen atoms in total. The molecule has 0 unspecified atom stereocenters. The molecule has 4 heteroatoms. The Labute approximate surface area is 135 Å². The van der Waals surface area contributed by atoms with Crippen molar-refractivity contribution in [1.29, 1.82) is 0 Å². The van der Waals surface area contributed by atoms with Gasteiger partial charge in [-0.1, -0.05) is 61.3 Å². The van der Waals surface area contributed by atoms with E-state index in [4.69, 9.17) is 21.4 Å². The molecule has 116 valence electrons. The third-order valence-corrected chi connectivity index (χ3v) is 3.66. The first-order chi connectivity index (χ1) is 10.6. The molecule has 0 saturated heterocycles. The normalized spacial score (nSPS) is 12.1. The highest BCUT2D eigenvalue weighted by Gasteiger charge is 2.16. The Morgan fingerprint density at radius 1 is 1.09 bits per heavy atom. The average Bonchev–Trinajstić information content (AvgIpc) is 2.52. The summed E-state index contributed by atoms with van der Waals surface area (Å²) in [6.07, 6.45) is 0.575. The summed E-state index contributed by atoms with van der Waals surface area (Å²) in [5.41, 5.74) is 3.13. The van der Waals surface area contributed by atoms with Gasteiger partial charge in [-0.3, -0.25) is 0 Å². The Morgan fingerprint density at radius 2 is 1.64 bits per heavy atom. The average molecular weight is 319 g/mol. The van der Waals surface area contributed by atoms with Gasteiger partial charge in [0.15, 0.2) is 6.10 Å². The first-order valence-electron chi connectivity index (χ1n) is 7.29. The van der Waals surface area contributed by atoms with Crippen molar-refractivity contribution in [3.05, 3.63) is 59.1 Å². The Balaban J connectivity index is 1.99. The zero-order valence-electron chi connectivity index (χ0n) is 12.5. The minimum Gasteiger partial charge on any atom is -0.479 e. The lowest BCUT2D eigenvalue weighted by molar-refractivity contribution is -0.151. The van der Waals surface area contributed by atoms with E-state index in [9.17, 15) is 4.79 Å². The molecule has 0 aliphatic rings. The van der Waals surface area contributed by atoms with Crippen molar-refractivity contribution in [2.24, 2.45) is 0 Å². The number of hydrogen-bond acceptors (Lipinski definition) is 2. The predicted octanol–water partition coefficient (Wildman–Crippen LogP) is 4.78. The molecule has 0 aliphatic carbocycles. The van der Waals surface area contributed by atoms with Crippen LogP contribution in [0.4, 0.5) is 0 Å². The number of benzene rings is 2. The van der Waals surface area contributed by atoms with Gasteiger partial charge < -0.3 is 9.84 Å². The second kappa shape index (κ2) is 7.97. The van der Waals surface area contributed by atoms with Gasteiger partial charge in [0, 0.05) is 5.02 Å². The number of aliphatic carboxylic acids is 1. The number of carbonyl (C=O) groups is 1. The van der Waals surface area contributed by atoms with Gasteiger partial charge in [-0.25, -0.2) is 4.79 Å². The van der Waals surface area contributed by atoms with Crippen LogP contribution in [0.1, 0.15) is 25.3 Å². The highest BCUT2D eigenvalue weighted by atomic mass is 35.5. The van der Waals surface area contributed by atoms with Crippen LogP contribution in [-0.4, -0.2) is 17.2 Å². The molecule has 0 saturated carbocycles. The van der Waals surface area contributed by atoms with Gasteiger partial charge in [-0.2, -0.15) is 0 Å². The number of carboxylic acid groups (broad SMARTS) is 1. The molecule has 1 N–H and O–H groups in total. The van der Waals surface area contributed by atoms with Crippen molar-refractivity contribution in [3.63, 3.8) is 0 Å². The molecule has 0 bridgehead atoms. The van der Waals surface area contributed by atoms with Crippen LogP contribution in [0.15, 0.2) is 48.5 Å². The molecular formula is C18H19ClO3. The van der Waals surface area contributed by atoms with Crippen LogP contribution < -0.4 is 0 Å². The van der Waals surface area contributed by atoms with Crippen molar-refractivity contribution >= 4 is 17.6 Å². The summed E-state index contributed by atoms with van der Waals surface area (Å²) in [4.78, 5) is 11.0. The summed E-state index contributed by atoms with van der Waals surface area (Å²) >= 11 is 5.88. The minimum atomic E-state index is -0.903. The quantitative estimate of drug-likeness (QED) is 0.799. The van der Waals surface area contributed by atoms with Crippen LogP contribution in [0.3, 0.4) is 0 Å². The second-order valence-corrected chi connectivity index (χ2v) is 5.57. The highest BCUT2D eigenvalue weighted by Crippen LogP contribution is 2.22. The summed E-state index contributed by atoms with van der Waals surface area (Å²) in [6, 6.07) is 15.6. The summed E-state index contributed by atoms with van der Waals surface area (Å²) in [5.74, 6) is -0.903. The maximum atomic E-state index is 11.0. The van der Waals surface area contributed by atoms with E-state index in [2.05, 4.69) is 0 Å². The van der Waals surface area contributed by atoms with Crippen LogP contribution in [0.5, 0.6) is 0 Å². The van der Waals surface area contributed by atoms with Gasteiger partial charge in [0.25, 0.3) is 0 Å². The van der Waals surface area contributed by atoms with E-state index in [0.29, 0.717) is 18.1 Å². The molecule has 0 spiro atoms. The van der Waals surface area contributed by atoms with Gasteiger partial charge in [0.1, 0.15) is 0 Å². The van der Waals surface area contributed by atoms with Gasteiger partial charge in [0.2, 0.25) is 0 Å². The highest BCUT2D eigenvalue weighted by molar-refractivity contribution is 6.30. The van der Waals surface area contributed by atoms with E-state index >= 15 is 0 Å². The molecule has 0 radical (unpaired) electrons. The third kappa shape index (κ3) is 4.58. The fourth-order valence-electron chi connectivity index (χ4n) is 2.17. The van der Waals surface area contributed by atoms with E-state index < -0.39 is 12.1 Å². The fourth-order valence-corrected chi connectivity index (χ4v) is 2.30. The summed E-state index contributed by atoms with van der Waals surface area (Å²) in [5, 5.41) is 9.77. The van der Waals surface area contributed by atoms with Crippen molar-refractivity contribution in [2.75, 3.05) is 0 Å². The van der Waals surface area contributed by atoms with E-state index in [1.54, 1.807) is 0 Å². The molecule has 0 aromatic heterocycles.